The third kappa shape index (κ3) is 12.3. The molecule has 12 heteroatoms. The van der Waals surface area contributed by atoms with Crippen LogP contribution in [0.25, 0.3) is 0 Å². The maximum Gasteiger partial charge on any atom is 0.301 e. The van der Waals surface area contributed by atoms with Crippen molar-refractivity contribution >= 4 is 42.1 Å². The molecule has 2 aromatic heterocycles. The number of carbonyl (C=O) groups excluding carboxylic acids is 2. The fourth-order valence-corrected chi connectivity index (χ4v) is 5.82. The van der Waals surface area contributed by atoms with Gasteiger partial charge in [-0.05, 0) is 55.5 Å². The van der Waals surface area contributed by atoms with Crippen LogP contribution in [-0.4, -0.2) is 50.5 Å². The summed E-state index contributed by atoms with van der Waals surface area (Å²) in [5, 5.41) is 21.4. The van der Waals surface area contributed by atoms with Crippen LogP contribution in [0.4, 0.5) is 0 Å². The van der Waals surface area contributed by atoms with E-state index >= 15 is 0 Å². The lowest BCUT2D eigenvalue weighted by Gasteiger charge is -2.37. The molecule has 9 nitrogen and oxygen atoms in total. The van der Waals surface area contributed by atoms with Crippen LogP contribution in [0.2, 0.25) is 0 Å². The predicted molar refractivity (Wildman–Crippen MR) is 198 cm³/mol. The van der Waals surface area contributed by atoms with Gasteiger partial charge in [0.1, 0.15) is 0 Å². The van der Waals surface area contributed by atoms with Crippen LogP contribution in [0.5, 0.6) is 0 Å². The van der Waals surface area contributed by atoms with Crippen LogP contribution in [0, 0.1) is 0 Å². The molecule has 52 heavy (non-hydrogen) atoms. The molecule has 0 unspecified atom stereocenters. The number of hydrogen-bond donors (Lipinski definition) is 0. The van der Waals surface area contributed by atoms with Crippen LogP contribution in [0.15, 0.2) is 140 Å². The number of halogens is 2. The molecular formula is C40H43BCl2N2O7. The van der Waals surface area contributed by atoms with Crippen molar-refractivity contribution in [1.29, 1.82) is 0 Å². The highest BCUT2D eigenvalue weighted by Crippen LogP contribution is 2.42. The minimum Gasteiger partial charge on any atom is -0.871 e. The van der Waals surface area contributed by atoms with Crippen molar-refractivity contribution in [2.45, 2.75) is 32.1 Å². The Morgan fingerprint density at radius 1 is 0.615 bits per heavy atom. The number of nitrogens with zero attached hydrogens (tertiary/aromatic N) is 2. The highest BCUT2D eigenvalue weighted by Gasteiger charge is 2.35. The number of carbonyl (C=O) groups is 2. The zero-order valence-corrected chi connectivity index (χ0v) is 30.8. The Bertz CT molecular complexity index is 1610. The molecule has 0 fully saturated rings. The molecule has 5 rings (SSSR count). The smallest absolute Gasteiger partial charge is 0.301 e. The van der Waals surface area contributed by atoms with Gasteiger partial charge in [0.2, 0.25) is 24.0 Å². The maximum absolute atomic E-state index is 11.3. The minimum absolute atomic E-state index is 0.0307. The number of alkyl halides is 2. The molecule has 0 bridgehead atoms. The lowest BCUT2D eigenvalue weighted by molar-refractivity contribution is -0.891. The second-order valence-corrected chi connectivity index (χ2v) is 11.6. The molecule has 0 saturated heterocycles. The summed E-state index contributed by atoms with van der Waals surface area (Å²) >= 11 is 10.9. The van der Waals surface area contributed by atoms with Gasteiger partial charge < -0.3 is 14.7 Å². The average molecular weight is 746 g/mol. The van der Waals surface area contributed by atoms with Gasteiger partial charge in [-0.25, -0.2) is 0 Å². The van der Waals surface area contributed by atoms with Crippen molar-refractivity contribution in [3.8, 4) is 0 Å². The molecule has 272 valence electrons. The first-order valence-electron chi connectivity index (χ1n) is 16.9. The summed E-state index contributed by atoms with van der Waals surface area (Å²) in [5.41, 5.74) is 4.11. The Labute approximate surface area is 316 Å². The molecule has 0 amide bonds. The normalized spacial score (nSPS) is 10.5. The Morgan fingerprint density at radius 2 is 0.981 bits per heavy atom. The highest BCUT2D eigenvalue weighted by atomic mass is 35.5. The van der Waals surface area contributed by atoms with Gasteiger partial charge in [-0.15, -0.1) is 23.2 Å². The van der Waals surface area contributed by atoms with Gasteiger partial charge in [-0.2, -0.15) is 0 Å². The first kappa shape index (κ1) is 41.8. The molecule has 0 N–H and O–H groups in total. The van der Waals surface area contributed by atoms with Crippen molar-refractivity contribution in [3.63, 3.8) is 0 Å². The van der Waals surface area contributed by atoms with Gasteiger partial charge in [0.15, 0.2) is 13.2 Å². The number of aromatic nitrogens is 2. The molecule has 5 aromatic rings. The van der Waals surface area contributed by atoms with E-state index in [1.807, 2.05) is 68.4 Å². The fourth-order valence-electron chi connectivity index (χ4n) is 5.55. The molecule has 0 radical (unpaired) electrons. The maximum atomic E-state index is 11.3. The van der Waals surface area contributed by atoms with Gasteiger partial charge in [-0.3, -0.25) is 19.3 Å². The van der Waals surface area contributed by atoms with Crippen LogP contribution in [-0.2, 0) is 10.1 Å². The van der Waals surface area contributed by atoms with E-state index in [0.717, 1.165) is 6.42 Å². The number of ketones is 2. The van der Waals surface area contributed by atoms with Crippen molar-refractivity contribution in [2.24, 2.45) is 0 Å². The summed E-state index contributed by atoms with van der Waals surface area (Å²) in [7, 11) is -2.23. The number of hydrogen-bond acceptors (Lipinski definition) is 7. The molecule has 0 atom stereocenters. The third-order valence-corrected chi connectivity index (χ3v) is 8.23. The van der Waals surface area contributed by atoms with Crippen LogP contribution in [0.3, 0.4) is 0 Å². The Kier molecular flexibility index (Phi) is 18.6. The van der Waals surface area contributed by atoms with Crippen molar-refractivity contribution in [1.82, 2.24) is 0 Å². The Morgan fingerprint density at radius 3 is 1.31 bits per heavy atom. The molecule has 0 saturated carbocycles. The monoisotopic (exact) mass is 744 g/mol. The highest BCUT2D eigenvalue weighted by molar-refractivity contribution is 6.30. The topological polar surface area (TPSA) is 116 Å². The second kappa shape index (κ2) is 23.1. The van der Waals surface area contributed by atoms with E-state index in [4.69, 9.17) is 37.5 Å². The van der Waals surface area contributed by atoms with E-state index in [1.54, 1.807) is 48.8 Å². The summed E-state index contributed by atoms with van der Waals surface area (Å²) in [4.78, 5) is 32.9. The molecule has 3 aromatic carbocycles. The SMILES string of the molecule is CCO[n+]1ccccc1C(=O)CCl.CCO[n+]1ccccc1C(=O)CCl.[O-]B([O-])OCCCC(c1ccccc1)(c1ccccc1)c1ccccc1. The Balaban J connectivity index is 0.000000235. The fraction of sp³-hybridized carbons (Fsp3) is 0.250. The quantitative estimate of drug-likeness (QED) is 0.0372. The number of benzene rings is 3. The molecule has 2 heterocycles. The average Bonchev–Trinajstić information content (AvgIpc) is 3.19. The van der Waals surface area contributed by atoms with Crippen molar-refractivity contribution in [3.05, 3.63) is 168 Å². The molecular weight excluding hydrogens is 702 g/mol. The molecule has 0 aliphatic rings. The van der Waals surface area contributed by atoms with E-state index in [9.17, 15) is 19.6 Å². The number of rotatable bonds is 16. The zero-order valence-electron chi connectivity index (χ0n) is 29.3. The first-order chi connectivity index (χ1) is 25.3. The van der Waals surface area contributed by atoms with E-state index in [0.29, 0.717) is 31.0 Å². The van der Waals surface area contributed by atoms with Gasteiger partial charge in [0, 0.05) is 45.7 Å². The van der Waals surface area contributed by atoms with Gasteiger partial charge in [0.05, 0.1) is 19.1 Å². The minimum atomic E-state index is -2.23. The van der Waals surface area contributed by atoms with Gasteiger partial charge in [-0.1, -0.05) is 91.0 Å². The van der Waals surface area contributed by atoms with Gasteiger partial charge >= 0.3 is 11.4 Å². The summed E-state index contributed by atoms with van der Waals surface area (Å²) < 4.78 is 7.60. The summed E-state index contributed by atoms with van der Waals surface area (Å²) in [6.07, 6.45) is 4.71. The summed E-state index contributed by atoms with van der Waals surface area (Å²) in [6.45, 7) is 4.89. The predicted octanol–water partition coefficient (Wildman–Crippen LogP) is 4.21. The summed E-state index contributed by atoms with van der Waals surface area (Å²) in [6, 6.07) is 41.5. The molecule has 0 aliphatic carbocycles. The second-order valence-electron chi connectivity index (χ2n) is 11.0. The van der Waals surface area contributed by atoms with E-state index in [2.05, 4.69) is 36.4 Å². The van der Waals surface area contributed by atoms with Crippen LogP contribution >= 0.6 is 23.2 Å². The zero-order chi connectivity index (χ0) is 37.6. The molecule has 0 spiro atoms. The Hall–Kier alpha value is -4.58. The molecule has 0 aliphatic heterocycles. The number of Topliss-reactive ketones (excluding diaryl/α,β-unsaturated/α-hetero) is 2. The largest absolute Gasteiger partial charge is 0.871 e. The van der Waals surface area contributed by atoms with E-state index < -0.39 is 7.32 Å². The number of pyridine rings is 2. The van der Waals surface area contributed by atoms with E-state index in [-0.39, 0.29) is 35.3 Å². The first-order valence-corrected chi connectivity index (χ1v) is 17.9. The van der Waals surface area contributed by atoms with Crippen LogP contribution < -0.4 is 29.2 Å². The van der Waals surface area contributed by atoms with Crippen LogP contribution in [0.1, 0.15) is 64.4 Å². The summed E-state index contributed by atoms with van der Waals surface area (Å²) in [5.74, 6) is -0.347. The lowest BCUT2D eigenvalue weighted by Crippen LogP contribution is -2.48. The third-order valence-electron chi connectivity index (χ3n) is 7.75. The van der Waals surface area contributed by atoms with Crippen molar-refractivity contribution in [2.75, 3.05) is 31.6 Å². The van der Waals surface area contributed by atoms with Crippen molar-refractivity contribution < 1.29 is 43.4 Å². The van der Waals surface area contributed by atoms with Gasteiger partial charge in [0.25, 0.3) is 0 Å². The lowest BCUT2D eigenvalue weighted by atomic mass is 9.67. The standard InChI is InChI=1S/C22H21BO3.2C9H11ClNO2/c24-23(25)26-18-10-17-22(19-11-4-1-5-12-19,20-13-6-2-7-14-20)21-15-8-3-9-16-21;2*1-2-13-11-6-4-3-5-8(11)9(12)7-10/h1-9,11-16H,10,17-18H2;2*3-6H,2,7H2,1H3/q-2;2*+1. The van der Waals surface area contributed by atoms with E-state index in [1.165, 1.54) is 26.2 Å².